The monoisotopic (exact) mass is 496 g/mol. The molecule has 5 atom stereocenters. The lowest BCUT2D eigenvalue weighted by atomic mass is 9.90. The second-order valence-corrected chi connectivity index (χ2v) is 8.73. The highest BCUT2D eigenvalue weighted by Gasteiger charge is 2.44. The Balaban J connectivity index is 0.000000604. The third-order valence-electron chi connectivity index (χ3n) is 5.86. The summed E-state index contributed by atoms with van der Waals surface area (Å²) >= 11 is 6.35. The summed E-state index contributed by atoms with van der Waals surface area (Å²) in [6.07, 6.45) is -3.68. The van der Waals surface area contributed by atoms with Gasteiger partial charge in [0.1, 0.15) is 36.3 Å². The van der Waals surface area contributed by atoms with E-state index in [2.05, 4.69) is 0 Å². The van der Waals surface area contributed by atoms with Crippen LogP contribution in [0, 0.1) is 0 Å². The molecule has 2 aromatic rings. The Morgan fingerprint density at radius 3 is 2.12 bits per heavy atom. The number of benzene rings is 2. The largest absolute Gasteiger partial charge is 0.494 e. The molecule has 1 aliphatic heterocycles. The summed E-state index contributed by atoms with van der Waals surface area (Å²) in [7, 11) is 0. The topological polar surface area (TPSA) is 120 Å². The predicted octanol–water partition coefficient (Wildman–Crippen LogP) is 3.01. The van der Waals surface area contributed by atoms with Crippen molar-refractivity contribution in [2.24, 2.45) is 0 Å². The third kappa shape index (κ3) is 7.65. The van der Waals surface area contributed by atoms with E-state index in [-0.39, 0.29) is 6.10 Å². The summed E-state index contributed by atoms with van der Waals surface area (Å²) in [4.78, 5) is 0. The molecule has 1 saturated heterocycles. The van der Waals surface area contributed by atoms with E-state index < -0.39 is 37.1 Å². The maximum atomic E-state index is 10.3. The highest BCUT2D eigenvalue weighted by molar-refractivity contribution is 6.31. The Hall–Kier alpha value is -1.71. The molecule has 0 saturated carbocycles. The molecule has 3 rings (SSSR count). The number of hydrogen-bond acceptors (Lipinski definition) is 7. The van der Waals surface area contributed by atoms with E-state index in [9.17, 15) is 20.4 Å². The van der Waals surface area contributed by atoms with Crippen molar-refractivity contribution in [3.8, 4) is 5.75 Å². The highest BCUT2D eigenvalue weighted by atomic mass is 35.5. The molecule has 34 heavy (non-hydrogen) atoms. The number of halogens is 1. The summed E-state index contributed by atoms with van der Waals surface area (Å²) in [6.45, 7) is 6.03. The van der Waals surface area contributed by atoms with E-state index in [1.54, 1.807) is 12.1 Å². The van der Waals surface area contributed by atoms with Gasteiger partial charge in [0.2, 0.25) is 0 Å². The molecule has 2 aromatic carbocycles. The van der Waals surface area contributed by atoms with Gasteiger partial charge in [-0.3, -0.25) is 0 Å². The lowest BCUT2D eigenvalue weighted by Crippen LogP contribution is -2.55. The molecule has 0 amide bonds. The molecule has 0 unspecified atom stereocenters. The van der Waals surface area contributed by atoms with Crippen molar-refractivity contribution >= 4 is 11.6 Å². The molecule has 0 aliphatic carbocycles. The van der Waals surface area contributed by atoms with Crippen molar-refractivity contribution in [1.29, 1.82) is 0 Å². The fourth-order valence-electron chi connectivity index (χ4n) is 3.66. The van der Waals surface area contributed by atoms with Gasteiger partial charge in [-0.2, -0.15) is 0 Å². The molecule has 7 nitrogen and oxygen atoms in total. The van der Waals surface area contributed by atoms with E-state index >= 15 is 0 Å². The van der Waals surface area contributed by atoms with Crippen LogP contribution in [-0.4, -0.2) is 69.3 Å². The van der Waals surface area contributed by atoms with Gasteiger partial charge in [-0.1, -0.05) is 49.7 Å². The molecule has 1 heterocycles. The Labute approximate surface area is 206 Å². The van der Waals surface area contributed by atoms with Gasteiger partial charge < -0.3 is 35.0 Å². The summed E-state index contributed by atoms with van der Waals surface area (Å²) < 4.78 is 11.1. The van der Waals surface area contributed by atoms with Crippen molar-refractivity contribution in [1.82, 2.24) is 0 Å². The SMILES string of the molecule is CCC(O)CC.CCOc1ccc(Cc2cc([C@@H]3O[C@H](CO)[C@@H](O)[C@H](O)[C@H]3O)ccc2Cl)cc1. The first-order chi connectivity index (χ1) is 16.2. The lowest BCUT2D eigenvalue weighted by molar-refractivity contribution is -0.231. The summed E-state index contributed by atoms with van der Waals surface area (Å²) in [5, 5.41) is 48.9. The number of hydrogen-bond donors (Lipinski definition) is 5. The maximum absolute atomic E-state index is 10.3. The number of rotatable bonds is 8. The molecule has 8 heteroatoms. The number of ether oxygens (including phenoxy) is 2. The van der Waals surface area contributed by atoms with Crippen LogP contribution in [0.3, 0.4) is 0 Å². The van der Waals surface area contributed by atoms with E-state index in [1.807, 2.05) is 51.1 Å². The quantitative estimate of drug-likeness (QED) is 0.381. The van der Waals surface area contributed by atoms with E-state index in [0.29, 0.717) is 23.6 Å². The van der Waals surface area contributed by atoms with Gasteiger partial charge in [0.15, 0.2) is 0 Å². The van der Waals surface area contributed by atoms with Crippen LogP contribution in [0.5, 0.6) is 5.75 Å². The zero-order valence-electron chi connectivity index (χ0n) is 20.0. The van der Waals surface area contributed by atoms with Crippen LogP contribution in [0.1, 0.15) is 56.4 Å². The molecule has 0 aromatic heterocycles. The third-order valence-corrected chi connectivity index (χ3v) is 6.23. The Morgan fingerprint density at radius 2 is 1.59 bits per heavy atom. The van der Waals surface area contributed by atoms with Crippen molar-refractivity contribution < 1.29 is 35.0 Å². The predicted molar refractivity (Wildman–Crippen MR) is 131 cm³/mol. The normalized spacial score (nSPS) is 24.5. The van der Waals surface area contributed by atoms with Gasteiger partial charge in [-0.05, 0) is 61.1 Å². The number of aliphatic hydroxyl groups excluding tert-OH is 5. The average Bonchev–Trinajstić information content (AvgIpc) is 2.85. The van der Waals surface area contributed by atoms with Crippen molar-refractivity contribution in [2.75, 3.05) is 13.2 Å². The molecule has 5 N–H and O–H groups in total. The van der Waals surface area contributed by atoms with Crippen LogP contribution in [-0.2, 0) is 11.2 Å². The average molecular weight is 497 g/mol. The summed E-state index contributed by atoms with van der Waals surface area (Å²) in [5.74, 6) is 0.799. The van der Waals surface area contributed by atoms with Gasteiger partial charge in [0.05, 0.1) is 19.3 Å². The van der Waals surface area contributed by atoms with Crippen LogP contribution in [0.4, 0.5) is 0 Å². The van der Waals surface area contributed by atoms with Crippen LogP contribution >= 0.6 is 11.6 Å². The molecule has 190 valence electrons. The minimum atomic E-state index is -1.42. The summed E-state index contributed by atoms with van der Waals surface area (Å²) in [5.41, 5.74) is 2.49. The molecule has 1 aliphatic rings. The first kappa shape index (κ1) is 28.5. The second-order valence-electron chi connectivity index (χ2n) is 8.32. The molecule has 0 bridgehead atoms. The van der Waals surface area contributed by atoms with E-state index in [1.165, 1.54) is 0 Å². The fraction of sp³-hybridized carbons (Fsp3) is 0.538. The molecule has 0 radical (unpaired) electrons. The minimum Gasteiger partial charge on any atom is -0.494 e. The first-order valence-corrected chi connectivity index (χ1v) is 12.1. The van der Waals surface area contributed by atoms with Crippen molar-refractivity contribution in [2.45, 2.75) is 76.7 Å². The van der Waals surface area contributed by atoms with Crippen molar-refractivity contribution in [3.63, 3.8) is 0 Å². The van der Waals surface area contributed by atoms with Crippen LogP contribution in [0.15, 0.2) is 42.5 Å². The van der Waals surface area contributed by atoms with Crippen LogP contribution in [0.2, 0.25) is 5.02 Å². The van der Waals surface area contributed by atoms with Crippen LogP contribution < -0.4 is 4.74 Å². The minimum absolute atomic E-state index is 0.0648. The fourth-order valence-corrected chi connectivity index (χ4v) is 3.85. The van der Waals surface area contributed by atoms with Crippen molar-refractivity contribution in [3.05, 3.63) is 64.2 Å². The Morgan fingerprint density at radius 1 is 0.941 bits per heavy atom. The highest BCUT2D eigenvalue weighted by Crippen LogP contribution is 2.34. The smallest absolute Gasteiger partial charge is 0.119 e. The zero-order valence-corrected chi connectivity index (χ0v) is 20.7. The first-order valence-electron chi connectivity index (χ1n) is 11.7. The summed E-state index contributed by atoms with van der Waals surface area (Å²) in [6, 6.07) is 12.9. The van der Waals surface area contributed by atoms with Gasteiger partial charge in [-0.25, -0.2) is 0 Å². The number of aliphatic hydroxyl groups is 5. The maximum Gasteiger partial charge on any atom is 0.119 e. The lowest BCUT2D eigenvalue weighted by Gasteiger charge is -2.40. The zero-order chi connectivity index (χ0) is 25.3. The standard InChI is InChI=1S/C21H25ClO6.C5H12O/c1-2-27-15-6-3-12(4-7-15)9-14-10-13(5-8-16(14)22)21-20(26)19(25)18(24)17(11-23)28-21;1-3-5(6)4-2/h3-8,10,17-21,23-26H,2,9,11H2,1H3;5-6H,3-4H2,1-2H3/t17-,18-,19+,20-,21+;/m1./s1. The van der Waals surface area contributed by atoms with Crippen LogP contribution in [0.25, 0.3) is 0 Å². The second kappa shape index (κ2) is 14.0. The van der Waals surface area contributed by atoms with E-state index in [4.69, 9.17) is 26.2 Å². The van der Waals surface area contributed by atoms with Gasteiger partial charge in [0.25, 0.3) is 0 Å². The van der Waals surface area contributed by atoms with Gasteiger partial charge >= 0.3 is 0 Å². The van der Waals surface area contributed by atoms with Gasteiger partial charge in [0, 0.05) is 5.02 Å². The molecular weight excluding hydrogens is 460 g/mol. The van der Waals surface area contributed by atoms with E-state index in [0.717, 1.165) is 29.7 Å². The molecular formula is C26H37ClO7. The Bertz CT molecular complexity index is 855. The Kier molecular flexibility index (Phi) is 11.7. The van der Waals surface area contributed by atoms with Gasteiger partial charge in [-0.15, -0.1) is 0 Å². The molecule has 1 fully saturated rings. The molecule has 0 spiro atoms.